The Labute approximate surface area is 141 Å². The molecule has 2 N–H and O–H groups in total. The van der Waals surface area contributed by atoms with Crippen molar-refractivity contribution in [1.82, 2.24) is 10.6 Å². The van der Waals surface area contributed by atoms with E-state index in [1.165, 1.54) is 0 Å². The first-order valence-electron chi connectivity index (χ1n) is 8.08. The second-order valence-electron chi connectivity index (χ2n) is 5.48. The van der Waals surface area contributed by atoms with E-state index in [2.05, 4.69) is 10.6 Å². The topological polar surface area (TPSA) is 85.9 Å². The fourth-order valence-corrected chi connectivity index (χ4v) is 2.37. The van der Waals surface area contributed by atoms with Gasteiger partial charge in [0.1, 0.15) is 18.1 Å². The number of nitrogens with one attached hydrogen (secondary N) is 2. The average molecular weight is 336 g/mol. The zero-order chi connectivity index (χ0) is 17.2. The fraction of sp³-hybridized carbons (Fsp3) is 0.529. The molecular weight excluding hydrogens is 312 g/mol. The van der Waals surface area contributed by atoms with Crippen molar-refractivity contribution in [3.63, 3.8) is 0 Å². The molecule has 0 saturated carbocycles. The lowest BCUT2D eigenvalue weighted by Gasteiger charge is -2.21. The van der Waals surface area contributed by atoms with E-state index in [-0.39, 0.29) is 24.3 Å². The van der Waals surface area contributed by atoms with Crippen molar-refractivity contribution in [3.8, 4) is 11.5 Å². The maximum absolute atomic E-state index is 11.9. The molecule has 0 spiro atoms. The first kappa shape index (κ1) is 18.1. The van der Waals surface area contributed by atoms with Gasteiger partial charge in [-0.15, -0.1) is 0 Å². The molecule has 0 bridgehead atoms. The molecule has 0 atom stereocenters. The summed E-state index contributed by atoms with van der Waals surface area (Å²) in [5.41, 5.74) is 0. The largest absolute Gasteiger partial charge is 0.497 e. The van der Waals surface area contributed by atoms with Crippen LogP contribution in [0, 0.1) is 5.92 Å². The number of amides is 2. The molecule has 1 aliphatic heterocycles. The summed E-state index contributed by atoms with van der Waals surface area (Å²) in [5, 5.41) is 5.37. The van der Waals surface area contributed by atoms with Crippen molar-refractivity contribution in [3.05, 3.63) is 24.3 Å². The zero-order valence-electron chi connectivity index (χ0n) is 13.9. The Balaban J connectivity index is 1.56. The summed E-state index contributed by atoms with van der Waals surface area (Å²) >= 11 is 0. The zero-order valence-corrected chi connectivity index (χ0v) is 13.9. The lowest BCUT2D eigenvalue weighted by atomic mass is 9.99. The van der Waals surface area contributed by atoms with Gasteiger partial charge in [-0.05, 0) is 37.1 Å². The van der Waals surface area contributed by atoms with Crippen LogP contribution in [0.25, 0.3) is 0 Å². The van der Waals surface area contributed by atoms with E-state index in [0.29, 0.717) is 45.0 Å². The minimum absolute atomic E-state index is 0.0152. The smallest absolute Gasteiger partial charge is 0.239 e. The van der Waals surface area contributed by atoms with Gasteiger partial charge in [0.25, 0.3) is 0 Å². The number of carbonyl (C=O) groups excluding carboxylic acids is 2. The van der Waals surface area contributed by atoms with Crippen LogP contribution >= 0.6 is 0 Å². The molecule has 1 aliphatic rings. The molecule has 7 nitrogen and oxygen atoms in total. The van der Waals surface area contributed by atoms with Crippen LogP contribution in [-0.4, -0.2) is 51.8 Å². The van der Waals surface area contributed by atoms with Crippen molar-refractivity contribution in [2.24, 2.45) is 5.92 Å². The summed E-state index contributed by atoms with van der Waals surface area (Å²) in [7, 11) is 1.60. The van der Waals surface area contributed by atoms with Crippen LogP contribution in [0.3, 0.4) is 0 Å². The Hall–Kier alpha value is -2.28. The molecule has 0 aromatic heterocycles. The summed E-state index contributed by atoms with van der Waals surface area (Å²) < 4.78 is 15.8. The van der Waals surface area contributed by atoms with Crippen molar-refractivity contribution >= 4 is 11.8 Å². The lowest BCUT2D eigenvalue weighted by molar-refractivity contribution is -0.130. The molecule has 2 rings (SSSR count). The third kappa shape index (κ3) is 6.08. The molecular formula is C17H24N2O5. The standard InChI is InChI=1S/C17H24N2O5/c1-22-14-2-4-15(5-3-14)24-11-8-18-16(20)12-19-17(21)13-6-9-23-10-7-13/h2-5,13H,6-12H2,1H3,(H,18,20)(H,19,21). The molecule has 1 saturated heterocycles. The van der Waals surface area contributed by atoms with E-state index in [1.54, 1.807) is 31.4 Å². The second-order valence-corrected chi connectivity index (χ2v) is 5.48. The Morgan fingerprint density at radius 1 is 1.12 bits per heavy atom. The van der Waals surface area contributed by atoms with Gasteiger partial charge in [-0.3, -0.25) is 9.59 Å². The van der Waals surface area contributed by atoms with Gasteiger partial charge in [0.15, 0.2) is 0 Å². The molecule has 7 heteroatoms. The van der Waals surface area contributed by atoms with Gasteiger partial charge in [0, 0.05) is 19.1 Å². The van der Waals surface area contributed by atoms with Gasteiger partial charge in [-0.1, -0.05) is 0 Å². The van der Waals surface area contributed by atoms with E-state index >= 15 is 0 Å². The number of methoxy groups -OCH3 is 1. The molecule has 0 unspecified atom stereocenters. The molecule has 0 radical (unpaired) electrons. The highest BCUT2D eigenvalue weighted by Crippen LogP contribution is 2.16. The van der Waals surface area contributed by atoms with Crippen molar-refractivity contribution in [2.45, 2.75) is 12.8 Å². The Kier molecular flexibility index (Phi) is 7.35. The first-order chi connectivity index (χ1) is 11.7. The van der Waals surface area contributed by atoms with E-state index in [9.17, 15) is 9.59 Å². The number of benzene rings is 1. The van der Waals surface area contributed by atoms with Crippen LogP contribution in [0.5, 0.6) is 11.5 Å². The van der Waals surface area contributed by atoms with Crippen LogP contribution in [0.4, 0.5) is 0 Å². The quantitative estimate of drug-likeness (QED) is 0.684. The van der Waals surface area contributed by atoms with Gasteiger partial charge in [-0.25, -0.2) is 0 Å². The minimum Gasteiger partial charge on any atom is -0.497 e. The highest BCUT2D eigenvalue weighted by Gasteiger charge is 2.21. The normalized spacial score (nSPS) is 14.7. The maximum atomic E-state index is 11.9. The van der Waals surface area contributed by atoms with Gasteiger partial charge in [-0.2, -0.15) is 0 Å². The molecule has 2 amide bonds. The highest BCUT2D eigenvalue weighted by atomic mass is 16.5. The molecule has 1 aromatic carbocycles. The Bertz CT molecular complexity index is 526. The van der Waals surface area contributed by atoms with Gasteiger partial charge >= 0.3 is 0 Å². The van der Waals surface area contributed by atoms with E-state index in [4.69, 9.17) is 14.2 Å². The van der Waals surface area contributed by atoms with Crippen molar-refractivity contribution < 1.29 is 23.8 Å². The number of hydrogen-bond acceptors (Lipinski definition) is 5. The predicted molar refractivity (Wildman–Crippen MR) is 88.1 cm³/mol. The van der Waals surface area contributed by atoms with E-state index in [1.807, 2.05) is 0 Å². The maximum Gasteiger partial charge on any atom is 0.239 e. The van der Waals surface area contributed by atoms with E-state index in [0.717, 1.165) is 5.75 Å². The monoisotopic (exact) mass is 336 g/mol. The summed E-state index contributed by atoms with van der Waals surface area (Å²) in [4.78, 5) is 23.6. The number of ether oxygens (including phenoxy) is 3. The van der Waals surface area contributed by atoms with Crippen LogP contribution in [0.2, 0.25) is 0 Å². The van der Waals surface area contributed by atoms with Crippen LogP contribution in [0.15, 0.2) is 24.3 Å². The molecule has 1 fully saturated rings. The third-order valence-corrected chi connectivity index (χ3v) is 3.77. The number of hydrogen-bond donors (Lipinski definition) is 2. The fourth-order valence-electron chi connectivity index (χ4n) is 2.37. The number of rotatable bonds is 8. The SMILES string of the molecule is COc1ccc(OCCNC(=O)CNC(=O)C2CCOCC2)cc1. The summed E-state index contributed by atoms with van der Waals surface area (Å²) in [6.07, 6.45) is 1.42. The van der Waals surface area contributed by atoms with Gasteiger partial charge in [0.05, 0.1) is 20.2 Å². The van der Waals surface area contributed by atoms with Crippen LogP contribution in [0.1, 0.15) is 12.8 Å². The number of carbonyl (C=O) groups is 2. The summed E-state index contributed by atoms with van der Waals surface area (Å²) in [6.45, 7) is 1.92. The van der Waals surface area contributed by atoms with Crippen LogP contribution in [-0.2, 0) is 14.3 Å². The Morgan fingerprint density at radius 3 is 2.46 bits per heavy atom. The highest BCUT2D eigenvalue weighted by molar-refractivity contribution is 5.85. The van der Waals surface area contributed by atoms with Gasteiger partial charge < -0.3 is 24.8 Å². The third-order valence-electron chi connectivity index (χ3n) is 3.77. The molecule has 1 heterocycles. The van der Waals surface area contributed by atoms with E-state index < -0.39 is 0 Å². The molecule has 24 heavy (non-hydrogen) atoms. The van der Waals surface area contributed by atoms with Gasteiger partial charge in [0.2, 0.25) is 11.8 Å². The predicted octanol–water partition coefficient (Wildman–Crippen LogP) is 0.733. The van der Waals surface area contributed by atoms with Crippen molar-refractivity contribution in [2.75, 3.05) is 40.0 Å². The second kappa shape index (κ2) is 9.77. The summed E-state index contributed by atoms with van der Waals surface area (Å²) in [5.74, 6) is 1.11. The molecule has 132 valence electrons. The van der Waals surface area contributed by atoms with Crippen LogP contribution < -0.4 is 20.1 Å². The Morgan fingerprint density at radius 2 is 1.79 bits per heavy atom. The average Bonchev–Trinajstić information content (AvgIpc) is 2.64. The lowest BCUT2D eigenvalue weighted by Crippen LogP contribution is -2.41. The molecule has 1 aromatic rings. The first-order valence-corrected chi connectivity index (χ1v) is 8.08. The van der Waals surface area contributed by atoms with Crippen molar-refractivity contribution in [1.29, 1.82) is 0 Å². The summed E-state index contributed by atoms with van der Waals surface area (Å²) in [6, 6.07) is 7.21. The minimum atomic E-state index is -0.228. The molecule has 0 aliphatic carbocycles.